The second kappa shape index (κ2) is 7.39. The predicted molar refractivity (Wildman–Crippen MR) is 99.9 cm³/mol. The molecule has 0 amide bonds. The van der Waals surface area contributed by atoms with Crippen LogP contribution in [0.25, 0.3) is 10.9 Å². The Morgan fingerprint density at radius 1 is 1.25 bits per heavy atom. The van der Waals surface area contributed by atoms with Crippen LogP contribution < -0.4 is 5.73 Å². The standard InChI is InChI=1S/C20H30N2O2/c1-5-6-8-14-13-22(10-7-9-21)18-16(14)11-15(20(2,3)4)12-17(18)19(23)24/h11-13H,5-10,21H2,1-4H3,(H,23,24). The average Bonchev–Trinajstić information content (AvgIpc) is 2.87. The summed E-state index contributed by atoms with van der Waals surface area (Å²) in [5.74, 6) is -0.861. The molecule has 1 aromatic carbocycles. The summed E-state index contributed by atoms with van der Waals surface area (Å²) in [7, 11) is 0. The van der Waals surface area contributed by atoms with Crippen LogP contribution in [0.4, 0.5) is 0 Å². The van der Waals surface area contributed by atoms with Crippen molar-refractivity contribution in [1.82, 2.24) is 4.57 Å². The number of aromatic carboxylic acids is 1. The number of hydrogen-bond acceptors (Lipinski definition) is 2. The van der Waals surface area contributed by atoms with E-state index in [2.05, 4.69) is 44.5 Å². The molecule has 0 fully saturated rings. The first kappa shape index (κ1) is 18.5. The van der Waals surface area contributed by atoms with Crippen molar-refractivity contribution in [3.05, 3.63) is 35.0 Å². The van der Waals surface area contributed by atoms with Crippen molar-refractivity contribution in [2.24, 2.45) is 5.73 Å². The Hall–Kier alpha value is -1.81. The molecular formula is C20H30N2O2. The number of aromatic nitrogens is 1. The summed E-state index contributed by atoms with van der Waals surface area (Å²) in [6.45, 7) is 9.91. The Labute approximate surface area is 144 Å². The van der Waals surface area contributed by atoms with Gasteiger partial charge in [0.05, 0.1) is 11.1 Å². The minimum atomic E-state index is -0.861. The van der Waals surface area contributed by atoms with Crippen LogP contribution >= 0.6 is 0 Å². The van der Waals surface area contributed by atoms with Gasteiger partial charge in [-0.05, 0) is 54.5 Å². The van der Waals surface area contributed by atoms with E-state index in [-0.39, 0.29) is 5.41 Å². The molecule has 4 nitrogen and oxygen atoms in total. The predicted octanol–water partition coefficient (Wildman–Crippen LogP) is 4.33. The maximum atomic E-state index is 11.9. The number of carboxylic acid groups (broad SMARTS) is 1. The van der Waals surface area contributed by atoms with Crippen LogP contribution in [0.3, 0.4) is 0 Å². The lowest BCUT2D eigenvalue weighted by molar-refractivity contribution is 0.0698. The minimum Gasteiger partial charge on any atom is -0.478 e. The van der Waals surface area contributed by atoms with Crippen LogP contribution in [0.1, 0.15) is 68.4 Å². The van der Waals surface area contributed by atoms with E-state index in [1.165, 1.54) is 5.56 Å². The van der Waals surface area contributed by atoms with E-state index in [4.69, 9.17) is 5.73 Å². The summed E-state index contributed by atoms with van der Waals surface area (Å²) in [6.07, 6.45) is 6.19. The number of hydrogen-bond donors (Lipinski definition) is 2. The maximum Gasteiger partial charge on any atom is 0.337 e. The zero-order valence-electron chi connectivity index (χ0n) is 15.4. The number of unbranched alkanes of at least 4 members (excludes halogenated alkanes) is 1. The number of benzene rings is 1. The summed E-state index contributed by atoms with van der Waals surface area (Å²) in [4.78, 5) is 11.9. The van der Waals surface area contributed by atoms with Gasteiger partial charge in [-0.2, -0.15) is 0 Å². The number of aryl methyl sites for hydroxylation is 2. The molecule has 0 atom stereocenters. The fourth-order valence-electron chi connectivity index (χ4n) is 3.11. The van der Waals surface area contributed by atoms with Gasteiger partial charge in [0.15, 0.2) is 0 Å². The van der Waals surface area contributed by atoms with Gasteiger partial charge in [0.2, 0.25) is 0 Å². The molecule has 1 heterocycles. The summed E-state index contributed by atoms with van der Waals surface area (Å²) >= 11 is 0. The number of rotatable bonds is 7. The number of nitrogens with two attached hydrogens (primary N) is 1. The van der Waals surface area contributed by atoms with E-state index in [9.17, 15) is 9.90 Å². The Morgan fingerprint density at radius 2 is 1.96 bits per heavy atom. The quantitative estimate of drug-likeness (QED) is 0.794. The van der Waals surface area contributed by atoms with Crippen molar-refractivity contribution in [3.8, 4) is 0 Å². The minimum absolute atomic E-state index is 0.0836. The van der Waals surface area contributed by atoms with Crippen LogP contribution in [-0.4, -0.2) is 22.2 Å². The molecule has 2 rings (SSSR count). The molecule has 3 N–H and O–H groups in total. The van der Waals surface area contributed by atoms with Crippen LogP contribution in [-0.2, 0) is 18.4 Å². The highest BCUT2D eigenvalue weighted by molar-refractivity contribution is 6.04. The molecule has 0 unspecified atom stereocenters. The van der Waals surface area contributed by atoms with Gasteiger partial charge in [-0.25, -0.2) is 4.79 Å². The highest BCUT2D eigenvalue weighted by Crippen LogP contribution is 2.33. The molecule has 0 saturated heterocycles. The number of carbonyl (C=O) groups is 1. The van der Waals surface area contributed by atoms with E-state index in [1.54, 1.807) is 0 Å². The lowest BCUT2D eigenvalue weighted by atomic mass is 9.84. The first-order chi connectivity index (χ1) is 11.3. The molecule has 0 bridgehead atoms. The first-order valence-electron chi connectivity index (χ1n) is 8.89. The molecule has 0 saturated carbocycles. The zero-order valence-corrected chi connectivity index (χ0v) is 15.4. The van der Waals surface area contributed by atoms with Crippen LogP contribution in [0, 0.1) is 0 Å². The molecule has 0 radical (unpaired) electrons. The molecule has 0 aliphatic rings. The second-order valence-electron chi connectivity index (χ2n) is 7.57. The molecule has 24 heavy (non-hydrogen) atoms. The molecular weight excluding hydrogens is 300 g/mol. The normalized spacial score (nSPS) is 12.0. The van der Waals surface area contributed by atoms with Gasteiger partial charge in [-0.3, -0.25) is 0 Å². The Bertz CT molecular complexity index is 723. The molecule has 1 aromatic heterocycles. The number of carboxylic acids is 1. The Morgan fingerprint density at radius 3 is 2.50 bits per heavy atom. The lowest BCUT2D eigenvalue weighted by Gasteiger charge is -2.20. The van der Waals surface area contributed by atoms with Gasteiger partial charge in [-0.15, -0.1) is 0 Å². The summed E-state index contributed by atoms with van der Waals surface area (Å²) < 4.78 is 2.09. The monoisotopic (exact) mass is 330 g/mol. The van der Waals surface area contributed by atoms with E-state index >= 15 is 0 Å². The third kappa shape index (κ3) is 3.81. The molecule has 0 aliphatic heterocycles. The van der Waals surface area contributed by atoms with Gasteiger partial charge < -0.3 is 15.4 Å². The molecule has 4 heteroatoms. The van der Waals surface area contributed by atoms with Crippen molar-refractivity contribution >= 4 is 16.9 Å². The van der Waals surface area contributed by atoms with Gasteiger partial charge in [0.1, 0.15) is 0 Å². The van der Waals surface area contributed by atoms with E-state index in [0.717, 1.165) is 48.7 Å². The maximum absolute atomic E-state index is 11.9. The van der Waals surface area contributed by atoms with E-state index < -0.39 is 5.97 Å². The molecule has 0 spiro atoms. The van der Waals surface area contributed by atoms with Crippen molar-refractivity contribution in [2.75, 3.05) is 6.54 Å². The lowest BCUT2D eigenvalue weighted by Crippen LogP contribution is -2.13. The van der Waals surface area contributed by atoms with Crippen molar-refractivity contribution in [2.45, 2.75) is 65.3 Å². The SMILES string of the molecule is CCCCc1cn(CCCN)c2c(C(=O)O)cc(C(C)(C)C)cc12. The summed E-state index contributed by atoms with van der Waals surface area (Å²) in [6, 6.07) is 4.03. The van der Waals surface area contributed by atoms with Crippen LogP contribution in [0.5, 0.6) is 0 Å². The highest BCUT2D eigenvalue weighted by atomic mass is 16.4. The third-order valence-corrected chi connectivity index (χ3v) is 4.55. The summed E-state index contributed by atoms with van der Waals surface area (Å²) in [5, 5.41) is 10.9. The van der Waals surface area contributed by atoms with E-state index in [0.29, 0.717) is 12.1 Å². The summed E-state index contributed by atoms with van der Waals surface area (Å²) in [5.41, 5.74) is 9.13. The fraction of sp³-hybridized carbons (Fsp3) is 0.550. The van der Waals surface area contributed by atoms with Crippen molar-refractivity contribution in [3.63, 3.8) is 0 Å². The third-order valence-electron chi connectivity index (χ3n) is 4.55. The van der Waals surface area contributed by atoms with E-state index in [1.807, 2.05) is 6.07 Å². The van der Waals surface area contributed by atoms with Gasteiger partial charge in [-0.1, -0.05) is 34.1 Å². The molecule has 132 valence electrons. The van der Waals surface area contributed by atoms with Gasteiger partial charge in [0.25, 0.3) is 0 Å². The average molecular weight is 330 g/mol. The second-order valence-corrected chi connectivity index (χ2v) is 7.57. The van der Waals surface area contributed by atoms with Crippen molar-refractivity contribution in [1.29, 1.82) is 0 Å². The molecule has 0 aliphatic carbocycles. The fourth-order valence-corrected chi connectivity index (χ4v) is 3.11. The van der Waals surface area contributed by atoms with Crippen LogP contribution in [0.2, 0.25) is 0 Å². The molecule has 2 aromatic rings. The number of fused-ring (bicyclic) bond motifs is 1. The largest absolute Gasteiger partial charge is 0.478 e. The van der Waals surface area contributed by atoms with Gasteiger partial charge >= 0.3 is 5.97 Å². The smallest absolute Gasteiger partial charge is 0.337 e. The van der Waals surface area contributed by atoms with Crippen LogP contribution in [0.15, 0.2) is 18.3 Å². The first-order valence-corrected chi connectivity index (χ1v) is 8.89. The Kier molecular flexibility index (Phi) is 5.70. The topological polar surface area (TPSA) is 68.2 Å². The van der Waals surface area contributed by atoms with Gasteiger partial charge in [0, 0.05) is 18.1 Å². The van der Waals surface area contributed by atoms with Crippen molar-refractivity contribution < 1.29 is 9.90 Å². The number of nitrogens with zero attached hydrogens (tertiary/aromatic N) is 1. The zero-order chi connectivity index (χ0) is 17.9. The Balaban J connectivity index is 2.72. The highest BCUT2D eigenvalue weighted by Gasteiger charge is 2.22.